The van der Waals surface area contributed by atoms with Crippen molar-refractivity contribution < 1.29 is 28.6 Å². The van der Waals surface area contributed by atoms with Crippen LogP contribution in [0.25, 0.3) is 10.1 Å². The predicted molar refractivity (Wildman–Crippen MR) is 103 cm³/mol. The first-order chi connectivity index (χ1) is 12.2. The van der Waals surface area contributed by atoms with Crippen molar-refractivity contribution in [1.82, 2.24) is 0 Å². The summed E-state index contributed by atoms with van der Waals surface area (Å²) in [5, 5.41) is 9.21. The van der Waals surface area contributed by atoms with Crippen molar-refractivity contribution in [2.24, 2.45) is 5.92 Å². The van der Waals surface area contributed by atoms with E-state index in [9.17, 15) is 14.0 Å². The zero-order valence-electron chi connectivity index (χ0n) is 14.7. The molecule has 0 spiro atoms. The maximum Gasteiger partial charge on any atom is 0.306 e. The molecule has 0 aliphatic rings. The van der Waals surface area contributed by atoms with Gasteiger partial charge < -0.3 is 14.6 Å². The summed E-state index contributed by atoms with van der Waals surface area (Å²) in [6.45, 7) is 3.75. The van der Waals surface area contributed by atoms with Crippen LogP contribution in [0.15, 0.2) is 12.1 Å². The van der Waals surface area contributed by atoms with Crippen LogP contribution < -0.4 is 9.47 Å². The Labute approximate surface area is 163 Å². The Morgan fingerprint density at radius 2 is 2.04 bits per heavy atom. The summed E-state index contributed by atoms with van der Waals surface area (Å²) in [6, 6.07) is 3.08. The highest BCUT2D eigenvalue weighted by atomic mass is 79.9. The van der Waals surface area contributed by atoms with Gasteiger partial charge in [-0.05, 0) is 12.5 Å². The second kappa shape index (κ2) is 8.81. The number of alkyl halides is 1. The number of methoxy groups -OCH3 is 1. The van der Waals surface area contributed by atoms with E-state index in [-0.39, 0.29) is 33.9 Å². The lowest BCUT2D eigenvalue weighted by molar-refractivity contribution is -0.141. The number of thiophene rings is 1. The van der Waals surface area contributed by atoms with E-state index >= 15 is 0 Å². The second-order valence-electron chi connectivity index (χ2n) is 6.03. The van der Waals surface area contributed by atoms with E-state index in [0.717, 1.165) is 11.3 Å². The third kappa shape index (κ3) is 4.73. The molecule has 0 fully saturated rings. The average Bonchev–Trinajstić information content (AvgIpc) is 3.00. The van der Waals surface area contributed by atoms with Crippen LogP contribution in [0.1, 0.15) is 36.4 Å². The van der Waals surface area contributed by atoms with Gasteiger partial charge in [0.1, 0.15) is 0 Å². The van der Waals surface area contributed by atoms with Gasteiger partial charge in [0.15, 0.2) is 23.1 Å². The lowest BCUT2D eigenvalue weighted by Gasteiger charge is -2.12. The van der Waals surface area contributed by atoms with E-state index in [1.165, 1.54) is 20.1 Å². The fraction of sp³-hybridized carbons (Fsp3) is 0.444. The third-order valence-electron chi connectivity index (χ3n) is 3.85. The molecule has 0 aliphatic heterocycles. The van der Waals surface area contributed by atoms with Gasteiger partial charge in [-0.15, -0.1) is 11.3 Å². The minimum Gasteiger partial charge on any atom is -0.493 e. The molecule has 2 atom stereocenters. The molecule has 142 valence electrons. The van der Waals surface area contributed by atoms with E-state index in [4.69, 9.17) is 14.6 Å². The summed E-state index contributed by atoms with van der Waals surface area (Å²) >= 11 is 4.52. The van der Waals surface area contributed by atoms with Crippen LogP contribution in [0.2, 0.25) is 0 Å². The number of carbonyl (C=O) groups excluding carboxylic acids is 1. The third-order valence-corrected chi connectivity index (χ3v) is 5.43. The molecule has 5 nitrogen and oxygen atoms in total. The van der Waals surface area contributed by atoms with Gasteiger partial charge in [0.05, 0.1) is 24.5 Å². The molecule has 0 radical (unpaired) electrons. The Morgan fingerprint density at radius 1 is 1.35 bits per heavy atom. The molecule has 0 aliphatic carbocycles. The zero-order valence-corrected chi connectivity index (χ0v) is 17.1. The first-order valence-corrected chi connectivity index (χ1v) is 9.80. The molecule has 8 heteroatoms. The first-order valence-electron chi connectivity index (χ1n) is 8.07. The van der Waals surface area contributed by atoms with Gasteiger partial charge in [-0.2, -0.15) is 0 Å². The molecule has 1 aromatic carbocycles. The van der Waals surface area contributed by atoms with Crippen LogP contribution in [0.4, 0.5) is 4.39 Å². The van der Waals surface area contributed by atoms with Crippen LogP contribution in [-0.4, -0.2) is 35.4 Å². The summed E-state index contributed by atoms with van der Waals surface area (Å²) in [6.07, 6.45) is 0.564. The predicted octanol–water partition coefficient (Wildman–Crippen LogP) is 4.89. The van der Waals surface area contributed by atoms with E-state index in [1.807, 2.05) is 6.92 Å². The number of rotatable bonds is 9. The number of Topliss-reactive ketones (excluding diaryl/α,β-unsaturated/α-hetero) is 1. The molecule has 1 N–H and O–H groups in total. The fourth-order valence-electron chi connectivity index (χ4n) is 2.31. The number of carboxylic acid groups (broad SMARTS) is 1. The molecular weight excluding hydrogens is 427 g/mol. The van der Waals surface area contributed by atoms with Crippen molar-refractivity contribution in [2.45, 2.75) is 31.5 Å². The molecule has 0 saturated carbocycles. The average molecular weight is 447 g/mol. The number of fused-ring (bicyclic) bond motifs is 1. The maximum atomic E-state index is 14.9. The van der Waals surface area contributed by atoms with Crippen LogP contribution in [0, 0.1) is 11.7 Å². The Balaban J connectivity index is 2.34. The summed E-state index contributed by atoms with van der Waals surface area (Å²) in [5.41, 5.74) is 0. The largest absolute Gasteiger partial charge is 0.493 e. The lowest BCUT2D eigenvalue weighted by atomic mass is 10.0. The van der Waals surface area contributed by atoms with Gasteiger partial charge >= 0.3 is 5.97 Å². The van der Waals surface area contributed by atoms with Gasteiger partial charge in [-0.3, -0.25) is 9.59 Å². The van der Waals surface area contributed by atoms with Crippen molar-refractivity contribution in [3.63, 3.8) is 0 Å². The molecule has 2 aromatic rings. The van der Waals surface area contributed by atoms with Crippen LogP contribution in [0.3, 0.4) is 0 Å². The summed E-state index contributed by atoms with van der Waals surface area (Å²) in [4.78, 5) is 23.8. The van der Waals surface area contributed by atoms with Gasteiger partial charge in [0, 0.05) is 27.4 Å². The Morgan fingerprint density at radius 3 is 2.62 bits per heavy atom. The van der Waals surface area contributed by atoms with Gasteiger partial charge in [-0.25, -0.2) is 4.39 Å². The smallest absolute Gasteiger partial charge is 0.306 e. The summed E-state index contributed by atoms with van der Waals surface area (Å²) in [5.74, 6) is -2.46. The zero-order chi connectivity index (χ0) is 19.4. The number of carboxylic acids is 1. The number of hydrogen-bond acceptors (Lipinski definition) is 5. The molecule has 1 heterocycles. The van der Waals surface area contributed by atoms with E-state index in [0.29, 0.717) is 22.6 Å². The number of hydrogen-bond donors (Lipinski definition) is 1. The molecule has 1 aromatic heterocycles. The quantitative estimate of drug-likeness (QED) is 0.438. The monoisotopic (exact) mass is 446 g/mol. The minimum atomic E-state index is -1.04. The number of ether oxygens (including phenoxy) is 2. The Hall–Kier alpha value is -1.67. The first kappa shape index (κ1) is 20.6. The Kier molecular flexibility index (Phi) is 7.00. The van der Waals surface area contributed by atoms with Crippen molar-refractivity contribution in [3.05, 3.63) is 22.8 Å². The summed E-state index contributed by atoms with van der Waals surface area (Å²) in [7, 11) is 1.43. The molecule has 26 heavy (non-hydrogen) atoms. The van der Waals surface area contributed by atoms with Gasteiger partial charge in [-0.1, -0.05) is 29.8 Å². The molecule has 0 amide bonds. The minimum absolute atomic E-state index is 0.0175. The normalized spacial score (nSPS) is 13.4. The number of aliphatic carboxylic acids is 1. The van der Waals surface area contributed by atoms with Crippen LogP contribution in [0.5, 0.6) is 11.5 Å². The van der Waals surface area contributed by atoms with Crippen molar-refractivity contribution in [3.8, 4) is 11.5 Å². The molecule has 0 saturated heterocycles. The lowest BCUT2D eigenvalue weighted by Crippen LogP contribution is -2.13. The van der Waals surface area contributed by atoms with Crippen molar-refractivity contribution in [1.29, 1.82) is 0 Å². The summed E-state index contributed by atoms with van der Waals surface area (Å²) < 4.78 is 26.2. The van der Waals surface area contributed by atoms with Crippen LogP contribution >= 0.6 is 27.3 Å². The number of carbonyl (C=O) groups is 2. The Bertz CT molecular complexity index is 818. The highest BCUT2D eigenvalue weighted by Gasteiger charge is 2.22. The fourth-order valence-corrected chi connectivity index (χ4v) is 3.53. The molecule has 0 bridgehead atoms. The number of benzene rings is 1. The molecule has 2 rings (SSSR count). The highest BCUT2D eigenvalue weighted by Crippen LogP contribution is 2.40. The number of ketones is 1. The molecular formula is C18H20BrFO5S. The standard InChI is InChI=1S/C18H20BrFO5S/c1-9(18(22)23)6-12(21)15-7-11-14(26-15)8-13(24-3)17(16(11)20)25-5-4-10(2)19/h7-10H,4-6H2,1-3H3,(H,22,23)/t9-,10?/m0/s1. The number of halogens is 2. The molecule has 1 unspecified atom stereocenters. The SMILES string of the molecule is COc1cc2sc(C(=O)C[C@H](C)C(=O)O)cc2c(F)c1OCCC(C)Br. The van der Waals surface area contributed by atoms with Crippen LogP contribution in [-0.2, 0) is 4.79 Å². The van der Waals surface area contributed by atoms with Crippen molar-refractivity contribution in [2.75, 3.05) is 13.7 Å². The van der Waals surface area contributed by atoms with E-state index in [1.54, 1.807) is 6.07 Å². The maximum absolute atomic E-state index is 14.9. The second-order valence-corrected chi connectivity index (χ2v) is 8.68. The highest BCUT2D eigenvalue weighted by molar-refractivity contribution is 9.09. The van der Waals surface area contributed by atoms with Crippen molar-refractivity contribution >= 4 is 49.1 Å². The van der Waals surface area contributed by atoms with Gasteiger partial charge in [0.2, 0.25) is 0 Å². The van der Waals surface area contributed by atoms with E-state index < -0.39 is 17.7 Å². The topological polar surface area (TPSA) is 72.8 Å². The van der Waals surface area contributed by atoms with E-state index in [2.05, 4.69) is 15.9 Å². The van der Waals surface area contributed by atoms with Gasteiger partial charge in [0.25, 0.3) is 0 Å².